The van der Waals surface area contributed by atoms with Gasteiger partial charge in [-0.1, -0.05) is 19.1 Å². The number of carbonyl (C=O) groups is 1. The summed E-state index contributed by atoms with van der Waals surface area (Å²) in [6, 6.07) is 7.91. The molecule has 0 radical (unpaired) electrons. The van der Waals surface area contributed by atoms with Crippen molar-refractivity contribution in [1.82, 2.24) is 4.98 Å². The van der Waals surface area contributed by atoms with Gasteiger partial charge in [0.05, 0.1) is 12.8 Å². The number of esters is 1. The zero-order valence-electron chi connectivity index (χ0n) is 14.9. The smallest absolute Gasteiger partial charge is 0.347 e. The second kappa shape index (κ2) is 7.21. The van der Waals surface area contributed by atoms with Gasteiger partial charge in [-0.15, -0.1) is 0 Å². The molecule has 2 aromatic rings. The highest BCUT2D eigenvalue weighted by atomic mass is 16.5. The molecule has 1 aliphatic heterocycles. The Bertz CT molecular complexity index is 874. The summed E-state index contributed by atoms with van der Waals surface area (Å²) in [7, 11) is 1.17. The van der Waals surface area contributed by atoms with Crippen molar-refractivity contribution in [2.75, 3.05) is 25.1 Å². The minimum atomic E-state index is -0.856. The van der Waals surface area contributed by atoms with Crippen LogP contribution in [0.2, 0.25) is 0 Å². The van der Waals surface area contributed by atoms with E-state index in [9.17, 15) is 14.7 Å². The highest BCUT2D eigenvalue weighted by molar-refractivity contribution is 5.93. The summed E-state index contributed by atoms with van der Waals surface area (Å²) in [5.41, 5.74) is 7.76. The fourth-order valence-electron chi connectivity index (χ4n) is 3.37. The van der Waals surface area contributed by atoms with Crippen LogP contribution in [0.15, 0.2) is 29.1 Å². The molecule has 0 saturated carbocycles. The minimum absolute atomic E-state index is 0.195. The van der Waals surface area contributed by atoms with Gasteiger partial charge in [0, 0.05) is 30.4 Å². The molecule has 26 heavy (non-hydrogen) atoms. The van der Waals surface area contributed by atoms with Gasteiger partial charge in [0.25, 0.3) is 5.56 Å². The summed E-state index contributed by atoms with van der Waals surface area (Å²) in [6.07, 6.45) is 1.42. The molecule has 1 aliphatic rings. The van der Waals surface area contributed by atoms with Crippen LogP contribution < -0.4 is 16.2 Å². The molecule has 1 fully saturated rings. The van der Waals surface area contributed by atoms with Crippen molar-refractivity contribution in [3.63, 3.8) is 0 Å². The maximum Gasteiger partial charge on any atom is 0.347 e. The molecule has 0 amide bonds. The molecular formula is C19H23N3O4. The molecule has 0 spiro atoms. The van der Waals surface area contributed by atoms with Crippen molar-refractivity contribution >= 4 is 11.7 Å². The lowest BCUT2D eigenvalue weighted by atomic mass is 10.0. The molecule has 7 nitrogen and oxygen atoms in total. The van der Waals surface area contributed by atoms with Crippen LogP contribution in [0.5, 0.6) is 5.75 Å². The molecule has 7 heteroatoms. The van der Waals surface area contributed by atoms with Crippen molar-refractivity contribution in [1.29, 1.82) is 0 Å². The monoisotopic (exact) mass is 357 g/mol. The lowest BCUT2D eigenvalue weighted by molar-refractivity contribution is 0.0595. The predicted molar refractivity (Wildman–Crippen MR) is 99.7 cm³/mol. The summed E-state index contributed by atoms with van der Waals surface area (Å²) in [5.74, 6) is -1.18. The Hall–Kier alpha value is -2.80. The Kier molecular flexibility index (Phi) is 4.99. The number of aromatic nitrogens is 1. The van der Waals surface area contributed by atoms with Crippen LogP contribution in [-0.2, 0) is 11.2 Å². The third-order valence-corrected chi connectivity index (χ3v) is 4.78. The van der Waals surface area contributed by atoms with Gasteiger partial charge in [-0.2, -0.15) is 0 Å². The summed E-state index contributed by atoms with van der Waals surface area (Å²) in [4.78, 5) is 29.0. The lowest BCUT2D eigenvalue weighted by Crippen LogP contribution is -2.26. The van der Waals surface area contributed by atoms with Gasteiger partial charge in [-0.05, 0) is 30.5 Å². The van der Waals surface area contributed by atoms with Gasteiger partial charge >= 0.3 is 5.97 Å². The number of nitrogens with two attached hydrogens (primary N) is 1. The van der Waals surface area contributed by atoms with Crippen LogP contribution in [0.25, 0.3) is 11.3 Å². The number of aromatic hydroxyl groups is 1. The van der Waals surface area contributed by atoms with Gasteiger partial charge in [0.2, 0.25) is 0 Å². The van der Waals surface area contributed by atoms with Crippen molar-refractivity contribution in [3.8, 4) is 17.0 Å². The number of anilines is 1. The fourth-order valence-corrected chi connectivity index (χ4v) is 3.37. The van der Waals surface area contributed by atoms with E-state index >= 15 is 0 Å². The van der Waals surface area contributed by atoms with Gasteiger partial charge < -0.3 is 25.5 Å². The number of H-pyrrole nitrogens is 1. The zero-order valence-corrected chi connectivity index (χ0v) is 14.9. The van der Waals surface area contributed by atoms with Crippen LogP contribution in [0.4, 0.5) is 5.69 Å². The average molecular weight is 357 g/mol. The van der Waals surface area contributed by atoms with E-state index in [0.29, 0.717) is 17.7 Å². The molecular weight excluding hydrogens is 334 g/mol. The van der Waals surface area contributed by atoms with E-state index in [0.717, 1.165) is 30.8 Å². The number of hydrogen-bond acceptors (Lipinski definition) is 6. The molecule has 0 aliphatic carbocycles. The van der Waals surface area contributed by atoms with E-state index in [1.807, 2.05) is 31.2 Å². The van der Waals surface area contributed by atoms with E-state index in [2.05, 4.69) is 14.6 Å². The van der Waals surface area contributed by atoms with Gasteiger partial charge in [0.1, 0.15) is 5.75 Å². The molecule has 1 saturated heterocycles. The Morgan fingerprint density at radius 1 is 1.38 bits per heavy atom. The van der Waals surface area contributed by atoms with Crippen molar-refractivity contribution in [2.24, 2.45) is 5.73 Å². The van der Waals surface area contributed by atoms with Crippen LogP contribution in [0, 0.1) is 0 Å². The quantitative estimate of drug-likeness (QED) is 0.718. The van der Waals surface area contributed by atoms with Gasteiger partial charge in [-0.3, -0.25) is 4.79 Å². The normalized spacial score (nSPS) is 16.7. The summed E-state index contributed by atoms with van der Waals surface area (Å²) >= 11 is 0. The van der Waals surface area contributed by atoms with E-state index in [1.165, 1.54) is 7.11 Å². The number of carbonyl (C=O) groups excluding carboxylic acids is 1. The molecule has 1 aromatic carbocycles. The predicted octanol–water partition coefficient (Wildman–Crippen LogP) is 1.63. The third-order valence-electron chi connectivity index (χ3n) is 4.78. The molecule has 1 unspecified atom stereocenters. The fraction of sp³-hybridized carbons (Fsp3) is 0.368. The first-order chi connectivity index (χ1) is 12.5. The summed E-state index contributed by atoms with van der Waals surface area (Å²) in [5, 5.41) is 10.4. The molecule has 0 bridgehead atoms. The topological polar surface area (TPSA) is 109 Å². The first-order valence-corrected chi connectivity index (χ1v) is 8.63. The van der Waals surface area contributed by atoms with Crippen molar-refractivity contribution in [3.05, 3.63) is 45.7 Å². The number of methoxy groups -OCH3 is 1. The number of aromatic amines is 1. The van der Waals surface area contributed by atoms with Crippen molar-refractivity contribution in [2.45, 2.75) is 25.8 Å². The van der Waals surface area contributed by atoms with E-state index in [-0.39, 0.29) is 17.4 Å². The van der Waals surface area contributed by atoms with Crippen LogP contribution >= 0.6 is 0 Å². The maximum absolute atomic E-state index is 12.3. The second-order valence-corrected chi connectivity index (χ2v) is 6.42. The largest absolute Gasteiger partial charge is 0.506 e. The third kappa shape index (κ3) is 3.17. The van der Waals surface area contributed by atoms with Crippen LogP contribution in [0.3, 0.4) is 0 Å². The molecule has 2 heterocycles. The van der Waals surface area contributed by atoms with E-state index < -0.39 is 11.5 Å². The molecule has 1 atom stereocenters. The zero-order chi connectivity index (χ0) is 18.8. The molecule has 138 valence electrons. The molecule has 3 rings (SSSR count). The lowest BCUT2D eigenvalue weighted by Gasteiger charge is -2.19. The minimum Gasteiger partial charge on any atom is -0.506 e. The number of rotatable bonds is 4. The van der Waals surface area contributed by atoms with E-state index in [4.69, 9.17) is 5.73 Å². The Labute approximate surface area is 151 Å². The first kappa shape index (κ1) is 18.0. The standard InChI is InChI=1S/C19H23N3O4/c1-3-14-16(21-18(24)15(17(14)23)19(25)26-2)11-4-6-13(7-5-11)22-9-8-12(20)10-22/h4-7,12H,3,8-10,20H2,1-2H3,(H2,21,23,24). The number of nitrogens with one attached hydrogen (secondary N) is 1. The summed E-state index contributed by atoms with van der Waals surface area (Å²) < 4.78 is 4.59. The van der Waals surface area contributed by atoms with E-state index in [1.54, 1.807) is 0 Å². The highest BCUT2D eigenvalue weighted by Gasteiger charge is 2.23. The van der Waals surface area contributed by atoms with Crippen LogP contribution in [-0.4, -0.2) is 42.3 Å². The molecule has 4 N–H and O–H groups in total. The number of nitrogens with zero attached hydrogens (tertiary/aromatic N) is 1. The Morgan fingerprint density at radius 3 is 2.62 bits per heavy atom. The summed E-state index contributed by atoms with van der Waals surface area (Å²) in [6.45, 7) is 3.59. The Balaban J connectivity index is 2.01. The number of benzene rings is 1. The van der Waals surface area contributed by atoms with Gasteiger partial charge in [-0.25, -0.2) is 4.79 Å². The maximum atomic E-state index is 12.3. The first-order valence-electron chi connectivity index (χ1n) is 8.63. The van der Waals surface area contributed by atoms with Crippen LogP contribution in [0.1, 0.15) is 29.3 Å². The second-order valence-electron chi connectivity index (χ2n) is 6.42. The average Bonchev–Trinajstić information content (AvgIpc) is 3.07. The Morgan fingerprint density at radius 2 is 2.08 bits per heavy atom. The van der Waals surface area contributed by atoms with Gasteiger partial charge in [0.15, 0.2) is 5.56 Å². The highest BCUT2D eigenvalue weighted by Crippen LogP contribution is 2.31. The SMILES string of the molecule is CCc1c(-c2ccc(N3CCC(N)C3)cc2)[nH]c(=O)c(C(=O)OC)c1O. The number of hydrogen-bond donors (Lipinski definition) is 3. The molecule has 1 aromatic heterocycles. The number of ether oxygens (including phenoxy) is 1. The number of pyridine rings is 1. The van der Waals surface area contributed by atoms with Crippen molar-refractivity contribution < 1.29 is 14.6 Å².